The summed E-state index contributed by atoms with van der Waals surface area (Å²) >= 11 is 1.59. The number of nitrogens with two attached hydrogens (primary N) is 1. The van der Waals surface area contributed by atoms with Crippen LogP contribution in [-0.2, 0) is 4.79 Å². The maximum Gasteiger partial charge on any atom is 0.422 e. The normalized spacial score (nSPS) is 12.2. The zero-order valence-electron chi connectivity index (χ0n) is 11.9. The number of carbonyl (C=O) groups excluding carboxylic acids is 1. The van der Waals surface area contributed by atoms with Gasteiger partial charge in [0, 0.05) is 5.69 Å². The standard InChI is InChI=1S/C13H17F3N2O2S.ClH/c1-21-7-6-11(17)12(19)18-9-2-4-10(5-3-9)20-8-13(14,15)16;/h2-5,11H,6-8,17H2,1H3,(H,18,19);1H/t11-;/m0./s1. The van der Waals surface area contributed by atoms with Crippen molar-refractivity contribution in [2.24, 2.45) is 5.73 Å². The molecule has 0 aliphatic heterocycles. The van der Waals surface area contributed by atoms with Gasteiger partial charge in [-0.15, -0.1) is 12.4 Å². The Kier molecular flexibility index (Phi) is 9.31. The minimum atomic E-state index is -4.38. The van der Waals surface area contributed by atoms with Gasteiger partial charge in [-0.25, -0.2) is 0 Å². The monoisotopic (exact) mass is 358 g/mol. The quantitative estimate of drug-likeness (QED) is 0.786. The Bertz CT molecular complexity index is 458. The van der Waals surface area contributed by atoms with Crippen LogP contribution in [0.3, 0.4) is 0 Å². The highest BCUT2D eigenvalue weighted by Crippen LogP contribution is 2.20. The molecule has 0 saturated carbocycles. The van der Waals surface area contributed by atoms with Crippen LogP contribution < -0.4 is 15.8 Å². The van der Waals surface area contributed by atoms with E-state index in [0.29, 0.717) is 12.1 Å². The fraction of sp³-hybridized carbons (Fsp3) is 0.462. The average Bonchev–Trinajstić information content (AvgIpc) is 2.43. The predicted molar refractivity (Wildman–Crippen MR) is 84.8 cm³/mol. The van der Waals surface area contributed by atoms with Gasteiger partial charge in [-0.2, -0.15) is 24.9 Å². The summed E-state index contributed by atoms with van der Waals surface area (Å²) in [7, 11) is 0. The molecule has 3 N–H and O–H groups in total. The summed E-state index contributed by atoms with van der Waals surface area (Å²) in [5.41, 5.74) is 6.16. The van der Waals surface area contributed by atoms with Crippen LogP contribution in [0.5, 0.6) is 5.75 Å². The SMILES string of the molecule is CSCC[C@H](N)C(=O)Nc1ccc(OCC(F)(F)F)cc1.Cl. The van der Waals surface area contributed by atoms with E-state index in [1.54, 1.807) is 11.8 Å². The van der Waals surface area contributed by atoms with E-state index in [1.807, 2.05) is 6.26 Å². The van der Waals surface area contributed by atoms with E-state index >= 15 is 0 Å². The first kappa shape index (κ1) is 20.9. The Morgan fingerprint density at radius 2 is 1.95 bits per heavy atom. The second kappa shape index (κ2) is 9.81. The number of rotatable bonds is 7. The number of ether oxygens (including phenoxy) is 1. The van der Waals surface area contributed by atoms with Crippen LogP contribution in [0, 0.1) is 0 Å². The summed E-state index contributed by atoms with van der Waals surface area (Å²) in [4.78, 5) is 11.7. The highest BCUT2D eigenvalue weighted by molar-refractivity contribution is 7.98. The number of carbonyl (C=O) groups is 1. The maximum absolute atomic E-state index is 12.0. The molecule has 0 bridgehead atoms. The Balaban J connectivity index is 0.00000441. The molecule has 4 nitrogen and oxygen atoms in total. The van der Waals surface area contributed by atoms with Crippen molar-refractivity contribution >= 4 is 35.8 Å². The summed E-state index contributed by atoms with van der Waals surface area (Å²) in [6.07, 6.45) is -1.90. The fourth-order valence-corrected chi connectivity index (χ4v) is 1.90. The van der Waals surface area contributed by atoms with Crippen LogP contribution in [-0.4, -0.2) is 36.7 Å². The molecule has 1 aromatic rings. The molecular formula is C13H18ClF3N2O2S. The lowest BCUT2D eigenvalue weighted by atomic mass is 10.2. The van der Waals surface area contributed by atoms with Crippen molar-refractivity contribution in [2.45, 2.75) is 18.6 Å². The molecular weight excluding hydrogens is 341 g/mol. The third kappa shape index (κ3) is 8.35. The molecule has 0 radical (unpaired) electrons. The Morgan fingerprint density at radius 1 is 1.36 bits per heavy atom. The molecule has 1 aromatic carbocycles. The maximum atomic E-state index is 12.0. The van der Waals surface area contributed by atoms with E-state index in [9.17, 15) is 18.0 Å². The Hall–Kier alpha value is -1.12. The zero-order chi connectivity index (χ0) is 15.9. The van der Waals surface area contributed by atoms with Gasteiger partial charge in [0.05, 0.1) is 6.04 Å². The molecule has 1 amide bonds. The molecule has 1 rings (SSSR count). The molecule has 0 heterocycles. The lowest BCUT2D eigenvalue weighted by Gasteiger charge is -2.12. The Labute approximate surface area is 137 Å². The molecule has 22 heavy (non-hydrogen) atoms. The molecule has 0 unspecified atom stereocenters. The highest BCUT2D eigenvalue weighted by atomic mass is 35.5. The third-order valence-corrected chi connectivity index (χ3v) is 3.14. The van der Waals surface area contributed by atoms with Gasteiger partial charge in [0.2, 0.25) is 5.91 Å². The first-order chi connectivity index (χ1) is 9.81. The summed E-state index contributed by atoms with van der Waals surface area (Å²) in [6, 6.07) is 5.03. The molecule has 126 valence electrons. The number of hydrogen-bond acceptors (Lipinski definition) is 4. The molecule has 0 aliphatic rings. The van der Waals surface area contributed by atoms with Crippen molar-refractivity contribution in [1.82, 2.24) is 0 Å². The predicted octanol–water partition coefficient (Wildman–Crippen LogP) is 3.07. The van der Waals surface area contributed by atoms with E-state index in [-0.39, 0.29) is 24.1 Å². The van der Waals surface area contributed by atoms with E-state index < -0.39 is 18.8 Å². The Morgan fingerprint density at radius 3 is 2.45 bits per heavy atom. The second-order valence-corrected chi connectivity index (χ2v) is 5.29. The van der Waals surface area contributed by atoms with Crippen LogP contribution in [0.2, 0.25) is 0 Å². The van der Waals surface area contributed by atoms with Crippen LogP contribution in [0.15, 0.2) is 24.3 Å². The van der Waals surface area contributed by atoms with E-state index in [0.717, 1.165) is 5.75 Å². The number of nitrogens with one attached hydrogen (secondary N) is 1. The van der Waals surface area contributed by atoms with Crippen LogP contribution in [0.1, 0.15) is 6.42 Å². The molecule has 9 heteroatoms. The lowest BCUT2D eigenvalue weighted by molar-refractivity contribution is -0.153. The summed E-state index contributed by atoms with van der Waals surface area (Å²) in [5.74, 6) is 0.531. The summed E-state index contributed by atoms with van der Waals surface area (Å²) < 4.78 is 40.5. The topological polar surface area (TPSA) is 64.4 Å². The molecule has 0 aromatic heterocycles. The minimum Gasteiger partial charge on any atom is -0.484 e. The van der Waals surface area contributed by atoms with Crippen LogP contribution in [0.25, 0.3) is 0 Å². The zero-order valence-corrected chi connectivity index (χ0v) is 13.5. The minimum absolute atomic E-state index is 0. The molecule has 0 saturated heterocycles. The summed E-state index contributed by atoms with van der Waals surface area (Å²) in [5, 5.41) is 2.60. The van der Waals surface area contributed by atoms with Crippen molar-refractivity contribution in [2.75, 3.05) is 23.9 Å². The van der Waals surface area contributed by atoms with Gasteiger partial charge in [0.1, 0.15) is 5.75 Å². The van der Waals surface area contributed by atoms with Gasteiger partial charge in [-0.05, 0) is 42.7 Å². The largest absolute Gasteiger partial charge is 0.484 e. The lowest BCUT2D eigenvalue weighted by Crippen LogP contribution is -2.36. The van der Waals surface area contributed by atoms with Gasteiger partial charge in [0.25, 0.3) is 0 Å². The van der Waals surface area contributed by atoms with Gasteiger partial charge in [-0.1, -0.05) is 0 Å². The third-order valence-electron chi connectivity index (χ3n) is 2.49. The number of hydrogen-bond donors (Lipinski definition) is 2. The van der Waals surface area contributed by atoms with Gasteiger partial charge in [-0.3, -0.25) is 4.79 Å². The fourth-order valence-electron chi connectivity index (χ4n) is 1.41. The molecule has 0 aliphatic carbocycles. The summed E-state index contributed by atoms with van der Waals surface area (Å²) in [6.45, 7) is -1.35. The van der Waals surface area contributed by atoms with E-state index in [1.165, 1.54) is 24.3 Å². The smallest absolute Gasteiger partial charge is 0.422 e. The number of thioether (sulfide) groups is 1. The van der Waals surface area contributed by atoms with Crippen molar-refractivity contribution in [1.29, 1.82) is 0 Å². The number of benzene rings is 1. The van der Waals surface area contributed by atoms with Gasteiger partial charge in [0.15, 0.2) is 6.61 Å². The number of alkyl halides is 3. The van der Waals surface area contributed by atoms with Gasteiger partial charge >= 0.3 is 6.18 Å². The van der Waals surface area contributed by atoms with Crippen molar-refractivity contribution in [3.63, 3.8) is 0 Å². The highest BCUT2D eigenvalue weighted by Gasteiger charge is 2.28. The number of anilines is 1. The molecule has 0 spiro atoms. The van der Waals surface area contributed by atoms with Gasteiger partial charge < -0.3 is 15.8 Å². The molecule has 0 fully saturated rings. The van der Waals surface area contributed by atoms with E-state index in [2.05, 4.69) is 10.1 Å². The average molecular weight is 359 g/mol. The van der Waals surface area contributed by atoms with Crippen molar-refractivity contribution < 1.29 is 22.7 Å². The van der Waals surface area contributed by atoms with Crippen molar-refractivity contribution in [3.05, 3.63) is 24.3 Å². The number of halogens is 4. The van der Waals surface area contributed by atoms with Crippen molar-refractivity contribution in [3.8, 4) is 5.75 Å². The molecule has 1 atom stereocenters. The second-order valence-electron chi connectivity index (χ2n) is 4.31. The first-order valence-corrected chi connectivity index (χ1v) is 7.56. The van der Waals surface area contributed by atoms with Crippen LogP contribution >= 0.6 is 24.2 Å². The van der Waals surface area contributed by atoms with E-state index in [4.69, 9.17) is 5.73 Å². The number of amides is 1. The first-order valence-electron chi connectivity index (χ1n) is 6.17. The van der Waals surface area contributed by atoms with Crippen LogP contribution in [0.4, 0.5) is 18.9 Å².